The topological polar surface area (TPSA) is 47.6 Å². The minimum Gasteiger partial charge on any atom is -0.495 e. The number of nitrogens with one attached hydrogen (secondary N) is 1. The fourth-order valence-corrected chi connectivity index (χ4v) is 3.68. The van der Waals surface area contributed by atoms with E-state index >= 15 is 0 Å². The van der Waals surface area contributed by atoms with Crippen LogP contribution >= 0.6 is 0 Å². The van der Waals surface area contributed by atoms with Gasteiger partial charge in [-0.1, -0.05) is 31.4 Å². The van der Waals surface area contributed by atoms with Crippen LogP contribution in [0.25, 0.3) is 0 Å². The number of hydrogen-bond donors (Lipinski definition) is 1. The number of hydrogen-bond acceptors (Lipinski definition) is 4. The van der Waals surface area contributed by atoms with Crippen LogP contribution < -0.4 is 10.1 Å². The summed E-state index contributed by atoms with van der Waals surface area (Å²) in [7, 11) is 3.13. The van der Waals surface area contributed by atoms with Gasteiger partial charge in [0.1, 0.15) is 5.75 Å². The average Bonchev–Trinajstić information content (AvgIpc) is 2.59. The van der Waals surface area contributed by atoms with Gasteiger partial charge < -0.3 is 14.8 Å². The highest BCUT2D eigenvalue weighted by Crippen LogP contribution is 2.39. The fourth-order valence-electron chi connectivity index (χ4n) is 3.68. The van der Waals surface area contributed by atoms with Gasteiger partial charge in [-0.25, -0.2) is 0 Å². The lowest BCUT2D eigenvalue weighted by Gasteiger charge is -2.40. The molecular formula is C19H29NO3. The molecule has 4 nitrogen and oxygen atoms in total. The molecule has 0 saturated heterocycles. The number of benzene rings is 1. The second-order valence-electron chi connectivity index (χ2n) is 6.93. The van der Waals surface area contributed by atoms with Gasteiger partial charge >= 0.3 is 5.97 Å². The standard InChI is InChI=1S/C19H29NO3/c1-19(2,18(21)23-4)17(14-10-6-5-7-11-14)20-15-12-8-9-13-16(15)22-3/h8-9,12-14,17,20H,5-7,10-11H2,1-4H3. The number of carbonyl (C=O) groups is 1. The highest BCUT2D eigenvalue weighted by Gasteiger charge is 2.42. The zero-order valence-electron chi connectivity index (χ0n) is 14.7. The fraction of sp³-hybridized carbons (Fsp3) is 0.632. The molecule has 0 heterocycles. The monoisotopic (exact) mass is 319 g/mol. The van der Waals surface area contributed by atoms with Crippen molar-refractivity contribution in [3.8, 4) is 5.75 Å². The smallest absolute Gasteiger partial charge is 0.313 e. The molecule has 4 heteroatoms. The molecule has 1 aromatic rings. The van der Waals surface area contributed by atoms with E-state index in [0.717, 1.165) is 24.3 Å². The van der Waals surface area contributed by atoms with Gasteiger partial charge in [-0.15, -0.1) is 0 Å². The first-order chi connectivity index (χ1) is 11.0. The van der Waals surface area contributed by atoms with Crippen LogP contribution in [-0.2, 0) is 9.53 Å². The molecule has 0 radical (unpaired) electrons. The van der Waals surface area contributed by atoms with Crippen molar-refractivity contribution in [2.45, 2.75) is 52.0 Å². The molecule has 0 amide bonds. The second kappa shape index (κ2) is 7.71. The third kappa shape index (κ3) is 3.98. The Balaban J connectivity index is 2.31. The average molecular weight is 319 g/mol. The van der Waals surface area contributed by atoms with Crippen molar-refractivity contribution in [1.29, 1.82) is 0 Å². The molecule has 2 rings (SSSR count). The summed E-state index contributed by atoms with van der Waals surface area (Å²) >= 11 is 0. The van der Waals surface area contributed by atoms with E-state index in [2.05, 4.69) is 5.32 Å². The van der Waals surface area contributed by atoms with Gasteiger partial charge in [-0.2, -0.15) is 0 Å². The largest absolute Gasteiger partial charge is 0.495 e. The predicted molar refractivity (Wildman–Crippen MR) is 92.8 cm³/mol. The Bertz CT molecular complexity index is 521. The summed E-state index contributed by atoms with van der Waals surface area (Å²) < 4.78 is 10.5. The van der Waals surface area contributed by atoms with Gasteiger partial charge in [-0.3, -0.25) is 4.79 Å². The summed E-state index contributed by atoms with van der Waals surface area (Å²) in [5, 5.41) is 3.60. The summed E-state index contributed by atoms with van der Waals surface area (Å²) in [5.74, 6) is 1.09. The number of anilines is 1. The molecule has 1 atom stereocenters. The maximum Gasteiger partial charge on any atom is 0.313 e. The van der Waals surface area contributed by atoms with Crippen LogP contribution in [0, 0.1) is 11.3 Å². The van der Waals surface area contributed by atoms with Crippen molar-refractivity contribution in [2.75, 3.05) is 19.5 Å². The highest BCUT2D eigenvalue weighted by atomic mass is 16.5. The minimum absolute atomic E-state index is 0.0200. The van der Waals surface area contributed by atoms with E-state index in [1.807, 2.05) is 38.1 Å². The number of carbonyl (C=O) groups excluding carboxylic acids is 1. The summed E-state index contributed by atoms with van der Waals surface area (Å²) in [6.07, 6.45) is 6.04. The minimum atomic E-state index is -0.600. The molecule has 0 aliphatic heterocycles. The molecule has 1 unspecified atom stereocenters. The van der Waals surface area contributed by atoms with E-state index in [-0.39, 0.29) is 12.0 Å². The molecule has 0 aromatic heterocycles. The van der Waals surface area contributed by atoms with Crippen molar-refractivity contribution in [3.05, 3.63) is 24.3 Å². The van der Waals surface area contributed by atoms with Crippen LogP contribution in [0.5, 0.6) is 5.75 Å². The van der Waals surface area contributed by atoms with Crippen LogP contribution in [0.1, 0.15) is 46.0 Å². The Hall–Kier alpha value is -1.71. The van der Waals surface area contributed by atoms with Crippen molar-refractivity contribution < 1.29 is 14.3 Å². The molecule has 1 aromatic carbocycles. The van der Waals surface area contributed by atoms with Gasteiger partial charge in [0.05, 0.1) is 25.3 Å². The first kappa shape index (κ1) is 17.6. The Morgan fingerprint density at radius 2 is 1.83 bits per heavy atom. The summed E-state index contributed by atoms with van der Waals surface area (Å²) in [5.41, 5.74) is 0.333. The van der Waals surface area contributed by atoms with E-state index in [1.165, 1.54) is 26.4 Å². The lowest BCUT2D eigenvalue weighted by Crippen LogP contribution is -2.48. The van der Waals surface area contributed by atoms with Crippen LogP contribution in [0.15, 0.2) is 24.3 Å². The van der Waals surface area contributed by atoms with E-state index < -0.39 is 5.41 Å². The Kier molecular flexibility index (Phi) is 5.91. The van der Waals surface area contributed by atoms with E-state index in [1.54, 1.807) is 7.11 Å². The summed E-state index contributed by atoms with van der Waals surface area (Å²) in [6.45, 7) is 3.95. The normalized spacial score (nSPS) is 17.4. The number of ether oxygens (including phenoxy) is 2. The Morgan fingerprint density at radius 3 is 2.43 bits per heavy atom. The molecule has 1 saturated carbocycles. The summed E-state index contributed by atoms with van der Waals surface area (Å²) in [4.78, 5) is 12.4. The number of rotatable bonds is 6. The van der Waals surface area contributed by atoms with Gasteiger partial charge in [-0.05, 0) is 44.7 Å². The maximum atomic E-state index is 12.4. The number of esters is 1. The molecular weight excluding hydrogens is 290 g/mol. The number of methoxy groups -OCH3 is 2. The van der Waals surface area contributed by atoms with Crippen LogP contribution in [0.3, 0.4) is 0 Å². The quantitative estimate of drug-likeness (QED) is 0.796. The zero-order chi connectivity index (χ0) is 16.9. The van der Waals surface area contributed by atoms with E-state index in [4.69, 9.17) is 9.47 Å². The molecule has 1 fully saturated rings. The third-order valence-corrected chi connectivity index (χ3v) is 5.03. The molecule has 23 heavy (non-hydrogen) atoms. The van der Waals surface area contributed by atoms with Crippen molar-refractivity contribution in [2.24, 2.45) is 11.3 Å². The zero-order valence-corrected chi connectivity index (χ0v) is 14.7. The van der Waals surface area contributed by atoms with Crippen molar-refractivity contribution in [3.63, 3.8) is 0 Å². The molecule has 0 bridgehead atoms. The maximum absolute atomic E-state index is 12.4. The third-order valence-electron chi connectivity index (χ3n) is 5.03. The van der Waals surface area contributed by atoms with Gasteiger partial charge in [0.25, 0.3) is 0 Å². The van der Waals surface area contributed by atoms with Crippen LogP contribution in [0.2, 0.25) is 0 Å². The molecule has 1 N–H and O–H groups in total. The van der Waals surface area contributed by atoms with Crippen molar-refractivity contribution in [1.82, 2.24) is 0 Å². The van der Waals surface area contributed by atoms with E-state index in [9.17, 15) is 4.79 Å². The SMILES string of the molecule is COC(=O)C(C)(C)C(Nc1ccccc1OC)C1CCCCC1. The molecule has 0 spiro atoms. The molecule has 1 aliphatic carbocycles. The van der Waals surface area contributed by atoms with E-state index in [0.29, 0.717) is 5.92 Å². The number of para-hydroxylation sites is 2. The highest BCUT2D eigenvalue weighted by molar-refractivity contribution is 5.77. The van der Waals surface area contributed by atoms with Gasteiger partial charge in [0, 0.05) is 6.04 Å². The predicted octanol–water partition coefficient (Wildman–Crippen LogP) is 4.26. The Labute approximate surface area is 139 Å². The van der Waals surface area contributed by atoms with Gasteiger partial charge in [0.2, 0.25) is 0 Å². The second-order valence-corrected chi connectivity index (χ2v) is 6.93. The van der Waals surface area contributed by atoms with Crippen LogP contribution in [0.4, 0.5) is 5.69 Å². The Morgan fingerprint density at radius 1 is 1.17 bits per heavy atom. The summed E-state index contributed by atoms with van der Waals surface area (Å²) in [6, 6.07) is 7.89. The first-order valence-electron chi connectivity index (χ1n) is 8.48. The van der Waals surface area contributed by atoms with Crippen LogP contribution in [-0.4, -0.2) is 26.2 Å². The lowest BCUT2D eigenvalue weighted by molar-refractivity contribution is -0.152. The molecule has 1 aliphatic rings. The molecule has 128 valence electrons. The lowest BCUT2D eigenvalue weighted by atomic mass is 9.72. The first-order valence-corrected chi connectivity index (χ1v) is 8.48. The van der Waals surface area contributed by atoms with Crippen molar-refractivity contribution >= 4 is 11.7 Å². The van der Waals surface area contributed by atoms with Gasteiger partial charge in [0.15, 0.2) is 0 Å².